The molecule has 6 nitrogen and oxygen atoms in total. The number of halogens is 1. The highest BCUT2D eigenvalue weighted by molar-refractivity contribution is 8.00. The van der Waals surface area contributed by atoms with Gasteiger partial charge in [-0.05, 0) is 19.1 Å². The lowest BCUT2D eigenvalue weighted by Gasteiger charge is -2.12. The van der Waals surface area contributed by atoms with Gasteiger partial charge in [0.25, 0.3) is 0 Å². The highest BCUT2D eigenvalue weighted by atomic mass is 32.2. The van der Waals surface area contributed by atoms with Crippen LogP contribution in [-0.2, 0) is 11.3 Å². The fourth-order valence-corrected chi connectivity index (χ4v) is 3.61. The third kappa shape index (κ3) is 4.00. The summed E-state index contributed by atoms with van der Waals surface area (Å²) < 4.78 is 15.9. The van der Waals surface area contributed by atoms with E-state index in [2.05, 4.69) is 27.1 Å². The summed E-state index contributed by atoms with van der Waals surface area (Å²) in [6, 6.07) is 6.38. The van der Waals surface area contributed by atoms with Crippen molar-refractivity contribution in [1.82, 2.24) is 19.7 Å². The summed E-state index contributed by atoms with van der Waals surface area (Å²) in [4.78, 5) is 16.3. The number of benzene rings is 1. The van der Waals surface area contributed by atoms with Crippen LogP contribution in [0.2, 0.25) is 0 Å². The quantitative estimate of drug-likeness (QED) is 0.491. The molecule has 0 aliphatic rings. The molecule has 2 aromatic heterocycles. The summed E-state index contributed by atoms with van der Waals surface area (Å²) in [5, 5.41) is 13.4. The first-order chi connectivity index (χ1) is 12.6. The van der Waals surface area contributed by atoms with Crippen molar-refractivity contribution in [3.8, 4) is 11.4 Å². The minimum Gasteiger partial charge on any atom is -0.301 e. The van der Waals surface area contributed by atoms with Crippen LogP contribution in [0.25, 0.3) is 11.4 Å². The van der Waals surface area contributed by atoms with Crippen molar-refractivity contribution < 1.29 is 9.18 Å². The van der Waals surface area contributed by atoms with Crippen molar-refractivity contribution >= 4 is 34.1 Å². The molecule has 3 aromatic rings. The predicted molar refractivity (Wildman–Crippen MR) is 102 cm³/mol. The van der Waals surface area contributed by atoms with Crippen LogP contribution in [0.15, 0.2) is 53.7 Å². The van der Waals surface area contributed by atoms with Gasteiger partial charge in [0.15, 0.2) is 16.1 Å². The number of rotatable bonds is 7. The molecule has 1 N–H and O–H groups in total. The Kier molecular flexibility index (Phi) is 5.79. The number of hydrogen-bond acceptors (Lipinski definition) is 6. The lowest BCUT2D eigenvalue weighted by Crippen LogP contribution is -2.22. The van der Waals surface area contributed by atoms with Gasteiger partial charge in [-0.3, -0.25) is 9.36 Å². The Morgan fingerprint density at radius 2 is 2.27 bits per heavy atom. The number of hydrogen-bond donors (Lipinski definition) is 1. The van der Waals surface area contributed by atoms with Gasteiger partial charge in [0, 0.05) is 18.1 Å². The van der Waals surface area contributed by atoms with Crippen LogP contribution < -0.4 is 5.32 Å². The van der Waals surface area contributed by atoms with Crippen molar-refractivity contribution in [3.63, 3.8) is 0 Å². The number of aromatic nitrogens is 4. The Morgan fingerprint density at radius 3 is 2.96 bits per heavy atom. The van der Waals surface area contributed by atoms with Crippen molar-refractivity contribution in [3.05, 3.63) is 54.3 Å². The van der Waals surface area contributed by atoms with Gasteiger partial charge in [0.1, 0.15) is 5.82 Å². The van der Waals surface area contributed by atoms with Crippen LogP contribution >= 0.6 is 23.1 Å². The summed E-state index contributed by atoms with van der Waals surface area (Å²) in [5.74, 6) is -0.167. The third-order valence-electron chi connectivity index (χ3n) is 3.46. The second-order valence-corrected chi connectivity index (χ2v) is 7.47. The molecule has 1 amide bonds. The second kappa shape index (κ2) is 8.24. The molecular formula is C17H16FN5OS2. The van der Waals surface area contributed by atoms with E-state index in [1.165, 1.54) is 29.2 Å². The Morgan fingerprint density at radius 1 is 1.46 bits per heavy atom. The van der Waals surface area contributed by atoms with Gasteiger partial charge in [-0.2, -0.15) is 0 Å². The molecule has 0 radical (unpaired) electrons. The number of anilines is 1. The summed E-state index contributed by atoms with van der Waals surface area (Å²) in [5.41, 5.74) is 0.355. The molecule has 0 saturated carbocycles. The molecule has 1 aromatic carbocycles. The van der Waals surface area contributed by atoms with Gasteiger partial charge >= 0.3 is 0 Å². The first-order valence-electron chi connectivity index (χ1n) is 7.76. The number of thiazole rings is 1. The summed E-state index contributed by atoms with van der Waals surface area (Å²) in [7, 11) is 0. The van der Waals surface area contributed by atoms with Gasteiger partial charge in [-0.25, -0.2) is 9.37 Å². The molecule has 2 heterocycles. The zero-order valence-corrected chi connectivity index (χ0v) is 15.6. The predicted octanol–water partition coefficient (Wildman–Crippen LogP) is 3.85. The number of allylic oxidation sites excluding steroid dienone is 1. The summed E-state index contributed by atoms with van der Waals surface area (Å²) in [6.45, 7) is 5.90. The van der Waals surface area contributed by atoms with E-state index in [1.54, 1.807) is 47.3 Å². The summed E-state index contributed by atoms with van der Waals surface area (Å²) >= 11 is 2.59. The van der Waals surface area contributed by atoms with E-state index in [0.29, 0.717) is 28.2 Å². The van der Waals surface area contributed by atoms with Crippen molar-refractivity contribution in [2.24, 2.45) is 0 Å². The maximum absolute atomic E-state index is 14.1. The summed E-state index contributed by atoms with van der Waals surface area (Å²) in [6.07, 6.45) is 3.30. The van der Waals surface area contributed by atoms with Crippen LogP contribution in [0, 0.1) is 5.82 Å². The molecule has 0 aliphatic carbocycles. The molecule has 0 saturated heterocycles. The first kappa shape index (κ1) is 18.3. The molecule has 3 rings (SSSR count). The van der Waals surface area contributed by atoms with Crippen LogP contribution in [0.3, 0.4) is 0 Å². The molecule has 9 heteroatoms. The Bertz CT molecular complexity index is 910. The molecule has 0 fully saturated rings. The van der Waals surface area contributed by atoms with E-state index in [-0.39, 0.29) is 11.7 Å². The minimum atomic E-state index is -0.430. The van der Waals surface area contributed by atoms with E-state index in [9.17, 15) is 9.18 Å². The zero-order chi connectivity index (χ0) is 18.5. The Balaban J connectivity index is 1.82. The van der Waals surface area contributed by atoms with E-state index in [4.69, 9.17) is 0 Å². The zero-order valence-electron chi connectivity index (χ0n) is 13.9. The monoisotopic (exact) mass is 389 g/mol. The number of nitrogens with one attached hydrogen (secondary N) is 1. The van der Waals surface area contributed by atoms with E-state index in [0.717, 1.165) is 0 Å². The smallest absolute Gasteiger partial charge is 0.239 e. The van der Waals surface area contributed by atoms with E-state index in [1.807, 2.05) is 0 Å². The fourth-order valence-electron chi connectivity index (χ4n) is 2.22. The first-order valence-corrected chi connectivity index (χ1v) is 9.52. The number of amides is 1. The normalized spacial score (nSPS) is 11.9. The Labute approximate surface area is 158 Å². The maximum Gasteiger partial charge on any atom is 0.239 e. The molecule has 26 heavy (non-hydrogen) atoms. The topological polar surface area (TPSA) is 72.7 Å². The van der Waals surface area contributed by atoms with Crippen molar-refractivity contribution in [2.75, 3.05) is 5.32 Å². The SMILES string of the molecule is C=CCn1c(S[C@H](C)C(=O)Nc2nccs2)nnc1-c1ccccc1F. The van der Waals surface area contributed by atoms with E-state index < -0.39 is 5.25 Å². The fraction of sp³-hybridized carbons (Fsp3) is 0.176. The molecule has 0 unspecified atom stereocenters. The average molecular weight is 389 g/mol. The van der Waals surface area contributed by atoms with Gasteiger partial charge in [0.2, 0.25) is 5.91 Å². The van der Waals surface area contributed by atoms with Crippen molar-refractivity contribution in [2.45, 2.75) is 23.9 Å². The number of nitrogens with zero attached hydrogens (tertiary/aromatic N) is 4. The number of carbonyl (C=O) groups is 1. The van der Waals surface area contributed by atoms with Crippen LogP contribution in [0.1, 0.15) is 6.92 Å². The molecule has 0 spiro atoms. The number of thioether (sulfide) groups is 1. The van der Waals surface area contributed by atoms with Gasteiger partial charge in [-0.15, -0.1) is 28.1 Å². The Hall–Kier alpha value is -2.52. The standard InChI is InChI=1S/C17H16FN5OS2/c1-3-9-23-14(12-6-4-5-7-13(12)18)21-22-17(23)26-11(2)15(24)20-16-19-8-10-25-16/h3-8,10-11H,1,9H2,2H3,(H,19,20,24)/t11-/m1/s1. The lowest BCUT2D eigenvalue weighted by atomic mass is 10.2. The largest absolute Gasteiger partial charge is 0.301 e. The lowest BCUT2D eigenvalue weighted by molar-refractivity contribution is -0.115. The van der Waals surface area contributed by atoms with Crippen LogP contribution in [0.4, 0.5) is 9.52 Å². The molecule has 0 bridgehead atoms. The van der Waals surface area contributed by atoms with Gasteiger partial charge in [0.05, 0.1) is 10.8 Å². The molecular weight excluding hydrogens is 373 g/mol. The van der Waals surface area contributed by atoms with Crippen LogP contribution in [0.5, 0.6) is 0 Å². The molecule has 134 valence electrons. The highest BCUT2D eigenvalue weighted by Gasteiger charge is 2.22. The average Bonchev–Trinajstić information content (AvgIpc) is 3.26. The highest BCUT2D eigenvalue weighted by Crippen LogP contribution is 2.28. The third-order valence-corrected chi connectivity index (χ3v) is 5.23. The minimum absolute atomic E-state index is 0.189. The second-order valence-electron chi connectivity index (χ2n) is 5.27. The number of carbonyl (C=O) groups excluding carboxylic acids is 1. The van der Waals surface area contributed by atoms with Gasteiger partial charge in [-0.1, -0.05) is 30.0 Å². The van der Waals surface area contributed by atoms with Crippen LogP contribution in [-0.4, -0.2) is 30.9 Å². The molecule has 0 aliphatic heterocycles. The maximum atomic E-state index is 14.1. The molecule has 1 atom stereocenters. The van der Waals surface area contributed by atoms with Crippen molar-refractivity contribution in [1.29, 1.82) is 0 Å². The van der Waals surface area contributed by atoms with E-state index >= 15 is 0 Å². The van der Waals surface area contributed by atoms with Gasteiger partial charge < -0.3 is 5.32 Å².